The smallest absolute Gasteiger partial charge is 0.394 e. The molecule has 0 fully saturated rings. The van der Waals surface area contributed by atoms with E-state index in [9.17, 15) is 33.6 Å². The molecular weight excluding hydrogens is 394 g/mol. The standard InChI is InChI=1S/C15H23N5O9/c21-9(22)3-1-2-4-16-5-6-17-7-8-18-10(23)11(24)19-12(25)13(26)20-14(27)15(28)29/h16-17H,1-8H2,(H,18,23)(H,21,22)(H,28,29)(H,19,24,25)(H,20,26,27). The highest BCUT2D eigenvalue weighted by atomic mass is 16.4. The Hall–Kier alpha value is -3.39. The van der Waals surface area contributed by atoms with E-state index in [4.69, 9.17) is 10.2 Å². The maximum atomic E-state index is 11.5. The van der Waals surface area contributed by atoms with Gasteiger partial charge >= 0.3 is 41.5 Å². The largest absolute Gasteiger partial charge is 0.481 e. The summed E-state index contributed by atoms with van der Waals surface area (Å²) >= 11 is 0. The summed E-state index contributed by atoms with van der Waals surface area (Å²) in [5.41, 5.74) is 0. The molecule has 0 atom stereocenters. The van der Waals surface area contributed by atoms with Gasteiger partial charge in [-0.05, 0) is 19.4 Å². The molecule has 29 heavy (non-hydrogen) atoms. The van der Waals surface area contributed by atoms with Crippen LogP contribution in [0.25, 0.3) is 0 Å². The molecular formula is C15H23N5O9. The Kier molecular flexibility index (Phi) is 12.9. The lowest BCUT2D eigenvalue weighted by Crippen LogP contribution is -2.50. The predicted molar refractivity (Wildman–Crippen MR) is 94.2 cm³/mol. The molecule has 0 aromatic carbocycles. The fourth-order valence-corrected chi connectivity index (χ4v) is 1.73. The van der Waals surface area contributed by atoms with Crippen LogP contribution < -0.4 is 26.6 Å². The van der Waals surface area contributed by atoms with Crippen LogP contribution in [-0.4, -0.2) is 84.4 Å². The zero-order valence-electron chi connectivity index (χ0n) is 15.4. The van der Waals surface area contributed by atoms with Crippen LogP contribution in [0.3, 0.4) is 0 Å². The highest BCUT2D eigenvalue weighted by molar-refractivity contribution is 6.49. The van der Waals surface area contributed by atoms with E-state index >= 15 is 0 Å². The van der Waals surface area contributed by atoms with Crippen molar-refractivity contribution in [3.05, 3.63) is 0 Å². The maximum Gasteiger partial charge on any atom is 0.394 e. The average molecular weight is 417 g/mol. The van der Waals surface area contributed by atoms with Crippen LogP contribution in [0.2, 0.25) is 0 Å². The second-order valence-corrected chi connectivity index (χ2v) is 5.48. The van der Waals surface area contributed by atoms with Crippen molar-refractivity contribution in [2.75, 3.05) is 32.7 Å². The normalized spacial score (nSPS) is 9.93. The van der Waals surface area contributed by atoms with Gasteiger partial charge in [0.2, 0.25) is 0 Å². The highest BCUT2D eigenvalue weighted by Gasteiger charge is 2.24. The van der Waals surface area contributed by atoms with E-state index in [2.05, 4.69) is 16.0 Å². The zero-order valence-corrected chi connectivity index (χ0v) is 15.4. The molecule has 0 heterocycles. The molecule has 0 rings (SSSR count). The second-order valence-electron chi connectivity index (χ2n) is 5.48. The van der Waals surface area contributed by atoms with Crippen LogP contribution in [0.4, 0.5) is 0 Å². The molecule has 0 saturated carbocycles. The molecule has 7 N–H and O–H groups in total. The molecule has 0 bridgehead atoms. The van der Waals surface area contributed by atoms with Gasteiger partial charge in [0.15, 0.2) is 0 Å². The van der Waals surface area contributed by atoms with Crippen LogP contribution in [0.5, 0.6) is 0 Å². The molecule has 0 unspecified atom stereocenters. The van der Waals surface area contributed by atoms with Crippen molar-refractivity contribution >= 4 is 41.5 Å². The predicted octanol–water partition coefficient (Wildman–Crippen LogP) is -4.09. The van der Waals surface area contributed by atoms with E-state index in [0.717, 1.165) is 6.42 Å². The first-order valence-electron chi connectivity index (χ1n) is 8.50. The fourth-order valence-electron chi connectivity index (χ4n) is 1.73. The second kappa shape index (κ2) is 14.6. The molecule has 5 amide bonds. The molecule has 0 aliphatic carbocycles. The van der Waals surface area contributed by atoms with Crippen molar-refractivity contribution in [1.29, 1.82) is 0 Å². The first kappa shape index (κ1) is 25.6. The molecule has 0 radical (unpaired) electrons. The van der Waals surface area contributed by atoms with Gasteiger partial charge in [-0.15, -0.1) is 0 Å². The van der Waals surface area contributed by atoms with Gasteiger partial charge in [0.05, 0.1) is 0 Å². The van der Waals surface area contributed by atoms with E-state index in [0.29, 0.717) is 32.6 Å². The summed E-state index contributed by atoms with van der Waals surface area (Å²) in [5, 5.41) is 27.6. The minimum absolute atomic E-state index is 0.0444. The van der Waals surface area contributed by atoms with E-state index in [1.54, 1.807) is 0 Å². The number of imide groups is 2. The fraction of sp³-hybridized carbons (Fsp3) is 0.533. The summed E-state index contributed by atoms with van der Waals surface area (Å²) in [6, 6.07) is 0. The van der Waals surface area contributed by atoms with E-state index in [1.165, 1.54) is 10.6 Å². The Morgan fingerprint density at radius 3 is 1.59 bits per heavy atom. The molecule has 0 saturated heterocycles. The number of unbranched alkanes of at least 4 members (excludes halogenated alkanes) is 1. The van der Waals surface area contributed by atoms with Crippen LogP contribution in [-0.2, 0) is 33.6 Å². The minimum atomic E-state index is -2.00. The Morgan fingerprint density at radius 2 is 1.03 bits per heavy atom. The average Bonchev–Trinajstić information content (AvgIpc) is 2.65. The number of rotatable bonds is 11. The molecule has 0 aliphatic rings. The number of carbonyl (C=O) groups is 7. The number of aliphatic carboxylic acids is 2. The van der Waals surface area contributed by atoms with Gasteiger partial charge in [-0.2, -0.15) is 0 Å². The van der Waals surface area contributed by atoms with Gasteiger partial charge in [0.25, 0.3) is 0 Å². The maximum absolute atomic E-state index is 11.5. The van der Waals surface area contributed by atoms with Crippen LogP contribution in [0.1, 0.15) is 19.3 Å². The molecule has 14 nitrogen and oxygen atoms in total. The Bertz CT molecular complexity index is 650. The zero-order chi connectivity index (χ0) is 22.2. The Labute approximate surface area is 164 Å². The summed E-state index contributed by atoms with van der Waals surface area (Å²) in [5.74, 6) is -10.6. The van der Waals surface area contributed by atoms with Gasteiger partial charge in [0, 0.05) is 32.6 Å². The quantitative estimate of drug-likeness (QED) is 0.126. The van der Waals surface area contributed by atoms with Gasteiger partial charge in [-0.1, -0.05) is 0 Å². The van der Waals surface area contributed by atoms with Gasteiger partial charge < -0.3 is 26.2 Å². The molecule has 0 aromatic rings. The highest BCUT2D eigenvalue weighted by Crippen LogP contribution is 1.92. The summed E-state index contributed by atoms with van der Waals surface area (Å²) < 4.78 is 0. The van der Waals surface area contributed by atoms with E-state index < -0.39 is 41.5 Å². The summed E-state index contributed by atoms with van der Waals surface area (Å²) in [4.78, 5) is 76.6. The lowest BCUT2D eigenvalue weighted by atomic mass is 10.2. The summed E-state index contributed by atoms with van der Waals surface area (Å²) in [6.07, 6.45) is 1.45. The molecule has 0 aliphatic heterocycles. The van der Waals surface area contributed by atoms with Crippen molar-refractivity contribution in [3.8, 4) is 0 Å². The minimum Gasteiger partial charge on any atom is -0.481 e. The third-order valence-corrected chi connectivity index (χ3v) is 3.12. The van der Waals surface area contributed by atoms with Crippen LogP contribution in [0, 0.1) is 0 Å². The number of carboxylic acids is 2. The number of hydrogen-bond acceptors (Lipinski definition) is 9. The van der Waals surface area contributed by atoms with Crippen molar-refractivity contribution in [3.63, 3.8) is 0 Å². The van der Waals surface area contributed by atoms with Crippen molar-refractivity contribution in [2.24, 2.45) is 0 Å². The van der Waals surface area contributed by atoms with Gasteiger partial charge in [-0.3, -0.25) is 39.4 Å². The molecule has 162 valence electrons. The first-order chi connectivity index (χ1) is 13.6. The third kappa shape index (κ3) is 13.4. The first-order valence-corrected chi connectivity index (χ1v) is 8.50. The number of carbonyl (C=O) groups excluding carboxylic acids is 5. The van der Waals surface area contributed by atoms with E-state index in [-0.39, 0.29) is 13.0 Å². The monoisotopic (exact) mass is 417 g/mol. The van der Waals surface area contributed by atoms with Crippen molar-refractivity contribution < 1.29 is 43.8 Å². The third-order valence-electron chi connectivity index (χ3n) is 3.12. The van der Waals surface area contributed by atoms with Crippen LogP contribution in [0.15, 0.2) is 0 Å². The molecule has 14 heteroatoms. The molecule has 0 spiro atoms. The number of hydrogen-bond donors (Lipinski definition) is 7. The number of carboxylic acid groups (broad SMARTS) is 2. The summed E-state index contributed by atoms with van der Waals surface area (Å²) in [7, 11) is 0. The Balaban J connectivity index is 3.79. The van der Waals surface area contributed by atoms with Crippen molar-refractivity contribution in [1.82, 2.24) is 26.6 Å². The Morgan fingerprint density at radius 1 is 0.552 bits per heavy atom. The van der Waals surface area contributed by atoms with E-state index in [1.807, 2.05) is 0 Å². The lowest BCUT2D eigenvalue weighted by molar-refractivity contribution is -0.153. The van der Waals surface area contributed by atoms with Gasteiger partial charge in [0.1, 0.15) is 0 Å². The SMILES string of the molecule is O=C(O)CCCCNCCNCCNC(=O)C(=O)NC(=O)C(=O)NC(=O)C(=O)O. The van der Waals surface area contributed by atoms with Crippen LogP contribution >= 0.6 is 0 Å². The summed E-state index contributed by atoms with van der Waals surface area (Å²) in [6.45, 7) is 2.19. The molecule has 0 aromatic heterocycles. The van der Waals surface area contributed by atoms with Crippen molar-refractivity contribution in [2.45, 2.75) is 19.3 Å². The van der Waals surface area contributed by atoms with Gasteiger partial charge in [-0.25, -0.2) is 4.79 Å². The number of amides is 5. The lowest BCUT2D eigenvalue weighted by Gasteiger charge is -2.08. The topological polar surface area (TPSA) is 220 Å². The number of nitrogens with one attached hydrogen (secondary N) is 5.